The van der Waals surface area contributed by atoms with E-state index in [4.69, 9.17) is 4.42 Å². The number of fused-ring (bicyclic) bond motifs is 2. The maximum absolute atomic E-state index is 13.7. The molecule has 0 N–H and O–H groups in total. The Morgan fingerprint density at radius 3 is 2.87 bits per heavy atom. The van der Waals surface area contributed by atoms with E-state index in [-0.39, 0.29) is 17.6 Å². The third-order valence-electron chi connectivity index (χ3n) is 5.96. The zero-order chi connectivity index (χ0) is 20.7. The second kappa shape index (κ2) is 7.44. The Kier molecular flexibility index (Phi) is 4.62. The molecule has 3 aromatic rings. The van der Waals surface area contributed by atoms with Crippen LogP contribution in [0.3, 0.4) is 0 Å². The smallest absolute Gasteiger partial charge is 0.289 e. The fraction of sp³-hybridized carbons (Fsp3) is 0.292. The molecule has 0 radical (unpaired) electrons. The molecule has 0 saturated carbocycles. The Bertz CT molecular complexity index is 1110. The van der Waals surface area contributed by atoms with Crippen molar-refractivity contribution in [2.45, 2.75) is 32.2 Å². The van der Waals surface area contributed by atoms with Crippen LogP contribution in [0.5, 0.6) is 0 Å². The molecule has 6 nitrogen and oxygen atoms in total. The fourth-order valence-electron chi connectivity index (χ4n) is 4.52. The predicted molar refractivity (Wildman–Crippen MR) is 112 cm³/mol. The minimum atomic E-state index is -0.499. The Labute approximate surface area is 175 Å². The Morgan fingerprint density at radius 2 is 2.03 bits per heavy atom. The van der Waals surface area contributed by atoms with E-state index in [2.05, 4.69) is 18.0 Å². The Hall–Kier alpha value is -3.41. The molecule has 152 valence electrons. The molecule has 1 aromatic carbocycles. The monoisotopic (exact) mass is 401 g/mol. The molecule has 5 rings (SSSR count). The van der Waals surface area contributed by atoms with Crippen LogP contribution in [0.15, 0.2) is 59.3 Å². The van der Waals surface area contributed by atoms with Crippen LogP contribution in [0, 0.1) is 6.92 Å². The lowest BCUT2D eigenvalue weighted by Crippen LogP contribution is -2.46. The van der Waals surface area contributed by atoms with Gasteiger partial charge in [0.05, 0.1) is 17.9 Å². The minimum Gasteiger partial charge on any atom is -0.459 e. The number of hydrogen-bond donors (Lipinski definition) is 0. The quantitative estimate of drug-likeness (QED) is 0.657. The first-order valence-corrected chi connectivity index (χ1v) is 10.3. The van der Waals surface area contributed by atoms with Crippen molar-refractivity contribution in [3.8, 4) is 0 Å². The van der Waals surface area contributed by atoms with Crippen LogP contribution in [0.4, 0.5) is 5.69 Å². The van der Waals surface area contributed by atoms with Gasteiger partial charge in [-0.15, -0.1) is 0 Å². The van der Waals surface area contributed by atoms with E-state index in [0.29, 0.717) is 19.6 Å². The molecular weight excluding hydrogens is 378 g/mol. The normalized spacial score (nSPS) is 18.0. The average Bonchev–Trinajstić information content (AvgIpc) is 3.31. The maximum Gasteiger partial charge on any atom is 0.289 e. The molecule has 2 aromatic heterocycles. The van der Waals surface area contributed by atoms with Crippen molar-refractivity contribution in [1.29, 1.82) is 0 Å². The van der Waals surface area contributed by atoms with Crippen LogP contribution in [0.1, 0.15) is 45.3 Å². The molecule has 1 unspecified atom stereocenters. The van der Waals surface area contributed by atoms with Gasteiger partial charge in [-0.2, -0.15) is 0 Å². The van der Waals surface area contributed by atoms with Gasteiger partial charge < -0.3 is 14.2 Å². The van der Waals surface area contributed by atoms with Crippen molar-refractivity contribution < 1.29 is 14.0 Å². The third-order valence-corrected chi connectivity index (χ3v) is 5.96. The lowest BCUT2D eigenvalue weighted by atomic mass is 9.91. The highest BCUT2D eigenvalue weighted by Crippen LogP contribution is 2.34. The molecular formula is C24H23N3O3. The van der Waals surface area contributed by atoms with E-state index < -0.39 is 5.92 Å². The van der Waals surface area contributed by atoms with Gasteiger partial charge in [-0.05, 0) is 55.2 Å². The number of hydrogen-bond acceptors (Lipinski definition) is 4. The van der Waals surface area contributed by atoms with Crippen molar-refractivity contribution in [3.63, 3.8) is 0 Å². The highest BCUT2D eigenvalue weighted by atomic mass is 16.3. The first-order chi connectivity index (χ1) is 14.6. The number of benzene rings is 1. The molecule has 2 amide bonds. The van der Waals surface area contributed by atoms with Crippen molar-refractivity contribution in [3.05, 3.63) is 83.1 Å². The average molecular weight is 401 g/mol. The van der Waals surface area contributed by atoms with Gasteiger partial charge in [0.15, 0.2) is 5.76 Å². The van der Waals surface area contributed by atoms with E-state index in [1.54, 1.807) is 23.2 Å². The van der Waals surface area contributed by atoms with Gasteiger partial charge in [0.25, 0.3) is 5.91 Å². The summed E-state index contributed by atoms with van der Waals surface area (Å²) in [6.07, 6.45) is 5.11. The van der Waals surface area contributed by atoms with Crippen LogP contribution in [-0.2, 0) is 17.8 Å². The number of aryl methyl sites for hydroxylation is 2. The lowest BCUT2D eigenvalue weighted by molar-refractivity contribution is -0.120. The zero-order valence-electron chi connectivity index (χ0n) is 16.9. The summed E-state index contributed by atoms with van der Waals surface area (Å²) in [6.45, 7) is 3.46. The fourth-order valence-corrected chi connectivity index (χ4v) is 4.52. The van der Waals surface area contributed by atoms with Gasteiger partial charge in [0.1, 0.15) is 0 Å². The van der Waals surface area contributed by atoms with Gasteiger partial charge in [-0.25, -0.2) is 0 Å². The lowest BCUT2D eigenvalue weighted by Gasteiger charge is -2.37. The molecule has 0 saturated heterocycles. The second-order valence-corrected chi connectivity index (χ2v) is 7.99. The summed E-state index contributed by atoms with van der Waals surface area (Å²) in [5, 5.41) is 0. The molecule has 4 heterocycles. The summed E-state index contributed by atoms with van der Waals surface area (Å²) in [7, 11) is 0. The summed E-state index contributed by atoms with van der Waals surface area (Å²) >= 11 is 0. The number of anilines is 1. The van der Waals surface area contributed by atoms with Crippen LogP contribution in [0.2, 0.25) is 0 Å². The summed E-state index contributed by atoms with van der Waals surface area (Å²) in [4.78, 5) is 34.8. The molecule has 6 heteroatoms. The molecule has 0 bridgehead atoms. The summed E-state index contributed by atoms with van der Waals surface area (Å²) in [6, 6.07) is 13.4. The van der Waals surface area contributed by atoms with Crippen LogP contribution in [0.25, 0.3) is 0 Å². The van der Waals surface area contributed by atoms with Crippen molar-refractivity contribution in [2.75, 3.05) is 18.0 Å². The van der Waals surface area contributed by atoms with Crippen molar-refractivity contribution in [1.82, 2.24) is 9.88 Å². The number of carbonyl (C=O) groups excluding carboxylic acids is 2. The number of pyridine rings is 1. The van der Waals surface area contributed by atoms with E-state index in [9.17, 15) is 9.59 Å². The minimum absolute atomic E-state index is 0.00306. The van der Waals surface area contributed by atoms with Gasteiger partial charge in [-0.1, -0.05) is 23.8 Å². The van der Waals surface area contributed by atoms with E-state index in [1.165, 1.54) is 17.4 Å². The molecule has 2 aliphatic heterocycles. The number of furan rings is 1. The SMILES string of the molecule is Cc1ccc2c(c1)CCCN2C(=O)C1CN(C(=O)c2ccco2)Cc2cccnc21. The highest BCUT2D eigenvalue weighted by Gasteiger charge is 2.38. The third kappa shape index (κ3) is 3.18. The van der Waals surface area contributed by atoms with Crippen LogP contribution < -0.4 is 4.90 Å². The molecule has 0 aliphatic carbocycles. The summed E-state index contributed by atoms with van der Waals surface area (Å²) < 4.78 is 5.30. The number of rotatable bonds is 2. The molecule has 0 fully saturated rings. The number of nitrogens with zero attached hydrogens (tertiary/aromatic N) is 3. The predicted octanol–water partition coefficient (Wildman–Crippen LogP) is 3.70. The van der Waals surface area contributed by atoms with Crippen molar-refractivity contribution in [2.24, 2.45) is 0 Å². The van der Waals surface area contributed by atoms with E-state index >= 15 is 0 Å². The highest BCUT2D eigenvalue weighted by molar-refractivity contribution is 6.00. The zero-order valence-corrected chi connectivity index (χ0v) is 16.9. The van der Waals surface area contributed by atoms with Gasteiger partial charge in [0.2, 0.25) is 5.91 Å². The first kappa shape index (κ1) is 18.6. The number of aromatic nitrogens is 1. The summed E-state index contributed by atoms with van der Waals surface area (Å²) in [5.74, 6) is -0.424. The standard InChI is InChI=1S/C24H23N3O3/c1-16-8-9-20-17(13-16)6-3-11-27(20)23(28)19-15-26(24(29)21-7-4-12-30-21)14-18-5-2-10-25-22(18)19/h2,4-5,7-10,12-13,19H,3,6,11,14-15H2,1H3. The molecule has 30 heavy (non-hydrogen) atoms. The van der Waals surface area contributed by atoms with E-state index in [1.807, 2.05) is 29.2 Å². The van der Waals surface area contributed by atoms with E-state index in [0.717, 1.165) is 29.8 Å². The maximum atomic E-state index is 13.7. The largest absolute Gasteiger partial charge is 0.459 e. The summed E-state index contributed by atoms with van der Waals surface area (Å²) in [5.41, 5.74) is 5.05. The topological polar surface area (TPSA) is 66.7 Å². The van der Waals surface area contributed by atoms with Crippen LogP contribution in [-0.4, -0.2) is 34.8 Å². The first-order valence-electron chi connectivity index (χ1n) is 10.3. The number of carbonyl (C=O) groups is 2. The Balaban J connectivity index is 1.50. The molecule has 2 aliphatic rings. The van der Waals surface area contributed by atoms with Gasteiger partial charge >= 0.3 is 0 Å². The number of amides is 2. The Morgan fingerprint density at radius 1 is 1.13 bits per heavy atom. The van der Waals surface area contributed by atoms with Crippen molar-refractivity contribution >= 4 is 17.5 Å². The van der Waals surface area contributed by atoms with Gasteiger partial charge in [-0.3, -0.25) is 14.6 Å². The van der Waals surface area contributed by atoms with Gasteiger partial charge in [0, 0.05) is 31.5 Å². The molecule has 1 atom stereocenters. The molecule has 0 spiro atoms. The second-order valence-electron chi connectivity index (χ2n) is 7.99. The van der Waals surface area contributed by atoms with Crippen LogP contribution >= 0.6 is 0 Å².